The lowest BCUT2D eigenvalue weighted by molar-refractivity contribution is -0.140. The summed E-state index contributed by atoms with van der Waals surface area (Å²) in [6.45, 7) is 2.08. The highest BCUT2D eigenvalue weighted by Gasteiger charge is 2.35. The molecule has 0 aliphatic rings. The van der Waals surface area contributed by atoms with Crippen LogP contribution in [0, 0.1) is 0 Å². The smallest absolute Gasteiger partial charge is 0.264 e. The molecule has 9 nitrogen and oxygen atoms in total. The summed E-state index contributed by atoms with van der Waals surface area (Å²) in [7, 11) is -1.40. The van der Waals surface area contributed by atoms with Gasteiger partial charge in [-0.05, 0) is 41.8 Å². The second-order valence-corrected chi connectivity index (χ2v) is 12.6. The van der Waals surface area contributed by atoms with Gasteiger partial charge in [-0.1, -0.05) is 92.2 Å². The van der Waals surface area contributed by atoms with Gasteiger partial charge in [0.05, 0.1) is 24.8 Å². The summed E-state index contributed by atoms with van der Waals surface area (Å²) in [4.78, 5) is 29.7. The van der Waals surface area contributed by atoms with E-state index in [1.54, 1.807) is 30.3 Å². The Morgan fingerprint density at radius 2 is 1.37 bits per heavy atom. The molecule has 10 heteroatoms. The molecule has 0 unspecified atom stereocenters. The number of hydrogen-bond acceptors (Lipinski definition) is 6. The molecule has 46 heavy (non-hydrogen) atoms. The van der Waals surface area contributed by atoms with Crippen LogP contribution >= 0.6 is 0 Å². The van der Waals surface area contributed by atoms with E-state index in [-0.39, 0.29) is 29.5 Å². The number of amides is 2. The summed E-state index contributed by atoms with van der Waals surface area (Å²) in [5, 5.41) is 3.00. The number of hydrogen-bond donors (Lipinski definition) is 1. The highest BCUT2D eigenvalue weighted by atomic mass is 32.2. The van der Waals surface area contributed by atoms with E-state index in [1.165, 1.54) is 37.3 Å². The SMILES string of the molecule is CCCCNC(=O)[C@@H](Cc1ccccc1)N(Cc1ccccc1)C(=O)CN(c1ccccc1)S(=O)(=O)c1ccc(OC)c(OC)c1. The number of nitrogens with one attached hydrogen (secondary N) is 1. The number of sulfonamides is 1. The first-order valence-corrected chi connectivity index (χ1v) is 16.7. The van der Waals surface area contributed by atoms with Crippen molar-refractivity contribution in [2.45, 2.75) is 43.7 Å². The fourth-order valence-electron chi connectivity index (χ4n) is 5.07. The fraction of sp³-hybridized carbons (Fsp3) is 0.278. The number of anilines is 1. The molecule has 4 aromatic carbocycles. The molecule has 1 atom stereocenters. The summed E-state index contributed by atoms with van der Waals surface area (Å²) < 4.78 is 40.3. The first-order valence-electron chi connectivity index (χ1n) is 15.2. The summed E-state index contributed by atoms with van der Waals surface area (Å²) in [5.74, 6) is -0.213. The Kier molecular flexibility index (Phi) is 12.2. The van der Waals surface area contributed by atoms with E-state index in [1.807, 2.05) is 67.6 Å². The fourth-order valence-corrected chi connectivity index (χ4v) is 6.50. The number of ether oxygens (including phenoxy) is 2. The number of carbonyl (C=O) groups is 2. The zero-order valence-corrected chi connectivity index (χ0v) is 27.3. The predicted octanol–water partition coefficient (Wildman–Crippen LogP) is 5.46. The minimum absolute atomic E-state index is 0.0745. The van der Waals surface area contributed by atoms with E-state index in [0.29, 0.717) is 18.0 Å². The molecule has 0 radical (unpaired) electrons. The molecule has 4 rings (SSSR count). The molecule has 0 aliphatic carbocycles. The lowest BCUT2D eigenvalue weighted by Gasteiger charge is -2.34. The van der Waals surface area contributed by atoms with Crippen molar-refractivity contribution in [3.63, 3.8) is 0 Å². The average molecular weight is 644 g/mol. The lowest BCUT2D eigenvalue weighted by atomic mass is 10.0. The largest absolute Gasteiger partial charge is 0.493 e. The molecular weight excluding hydrogens is 602 g/mol. The second-order valence-electron chi connectivity index (χ2n) is 10.7. The third kappa shape index (κ3) is 8.66. The molecule has 0 saturated heterocycles. The van der Waals surface area contributed by atoms with Gasteiger partial charge in [-0.2, -0.15) is 0 Å². The molecule has 0 aliphatic heterocycles. The van der Waals surface area contributed by atoms with Crippen molar-refractivity contribution >= 4 is 27.5 Å². The van der Waals surface area contributed by atoms with Gasteiger partial charge in [0.2, 0.25) is 11.8 Å². The zero-order valence-electron chi connectivity index (χ0n) is 26.5. The minimum Gasteiger partial charge on any atom is -0.493 e. The molecular formula is C36H41N3O6S. The second kappa shape index (κ2) is 16.5. The Hall–Kier alpha value is -4.83. The minimum atomic E-state index is -4.29. The van der Waals surface area contributed by atoms with Crippen LogP contribution in [0.15, 0.2) is 114 Å². The van der Waals surface area contributed by atoms with Crippen LogP contribution in [0.5, 0.6) is 11.5 Å². The van der Waals surface area contributed by atoms with E-state index in [2.05, 4.69) is 5.32 Å². The van der Waals surface area contributed by atoms with Crippen LogP contribution in [0.2, 0.25) is 0 Å². The third-order valence-corrected chi connectivity index (χ3v) is 9.33. The van der Waals surface area contributed by atoms with Gasteiger partial charge in [0.25, 0.3) is 10.0 Å². The van der Waals surface area contributed by atoms with Crippen molar-refractivity contribution in [2.24, 2.45) is 0 Å². The van der Waals surface area contributed by atoms with Crippen LogP contribution in [-0.2, 0) is 32.6 Å². The Balaban J connectivity index is 1.78. The summed E-state index contributed by atoms with van der Waals surface area (Å²) in [6, 6.07) is 30.7. The number of para-hydroxylation sites is 1. The highest BCUT2D eigenvalue weighted by molar-refractivity contribution is 7.92. The first kappa shape index (κ1) is 34.1. The van der Waals surface area contributed by atoms with Crippen molar-refractivity contribution in [3.05, 3.63) is 120 Å². The number of nitrogens with zero attached hydrogens (tertiary/aromatic N) is 2. The molecule has 0 spiro atoms. The van der Waals surface area contributed by atoms with E-state index in [0.717, 1.165) is 28.3 Å². The van der Waals surface area contributed by atoms with Crippen molar-refractivity contribution in [2.75, 3.05) is 31.6 Å². The molecule has 2 amide bonds. The zero-order chi connectivity index (χ0) is 32.9. The maximum Gasteiger partial charge on any atom is 0.264 e. The normalized spacial score (nSPS) is 11.7. The van der Waals surface area contributed by atoms with Crippen LogP contribution in [-0.4, -0.2) is 58.5 Å². The highest BCUT2D eigenvalue weighted by Crippen LogP contribution is 2.32. The van der Waals surface area contributed by atoms with E-state index >= 15 is 0 Å². The number of methoxy groups -OCH3 is 2. The van der Waals surface area contributed by atoms with Crippen LogP contribution in [0.1, 0.15) is 30.9 Å². The Labute approximate surface area is 271 Å². The van der Waals surface area contributed by atoms with Crippen LogP contribution < -0.4 is 19.1 Å². The Bertz CT molecular complexity index is 1670. The molecule has 0 bridgehead atoms. The van der Waals surface area contributed by atoms with Crippen LogP contribution in [0.25, 0.3) is 0 Å². The average Bonchev–Trinajstić information content (AvgIpc) is 3.09. The maximum absolute atomic E-state index is 14.5. The summed E-state index contributed by atoms with van der Waals surface area (Å²) in [6.07, 6.45) is 1.95. The monoisotopic (exact) mass is 643 g/mol. The van der Waals surface area contributed by atoms with E-state index in [9.17, 15) is 18.0 Å². The molecule has 0 heterocycles. The van der Waals surface area contributed by atoms with Crippen molar-refractivity contribution < 1.29 is 27.5 Å². The molecule has 242 valence electrons. The van der Waals surface area contributed by atoms with Gasteiger partial charge < -0.3 is 19.7 Å². The van der Waals surface area contributed by atoms with Crippen molar-refractivity contribution in [1.29, 1.82) is 0 Å². The van der Waals surface area contributed by atoms with E-state index < -0.39 is 28.5 Å². The maximum atomic E-state index is 14.5. The first-order chi connectivity index (χ1) is 22.3. The molecule has 0 fully saturated rings. The number of rotatable bonds is 16. The number of unbranched alkanes of at least 4 members (excludes halogenated alkanes) is 1. The van der Waals surface area contributed by atoms with Gasteiger partial charge in [0.15, 0.2) is 11.5 Å². The van der Waals surface area contributed by atoms with E-state index in [4.69, 9.17) is 9.47 Å². The quantitative estimate of drug-likeness (QED) is 0.163. The Morgan fingerprint density at radius 1 is 0.783 bits per heavy atom. The van der Waals surface area contributed by atoms with Crippen molar-refractivity contribution in [1.82, 2.24) is 10.2 Å². The number of carbonyl (C=O) groups excluding carboxylic acids is 2. The molecule has 0 saturated carbocycles. The molecule has 0 aromatic heterocycles. The summed E-state index contributed by atoms with van der Waals surface area (Å²) in [5.41, 5.74) is 1.99. The third-order valence-electron chi connectivity index (χ3n) is 7.56. The van der Waals surface area contributed by atoms with Gasteiger partial charge in [0.1, 0.15) is 12.6 Å². The molecule has 1 N–H and O–H groups in total. The van der Waals surface area contributed by atoms with Gasteiger partial charge in [-0.3, -0.25) is 13.9 Å². The standard InChI is InChI=1S/C36H41N3O6S/c1-4-5-23-37-36(41)32(24-28-15-9-6-10-16-28)38(26-29-17-11-7-12-18-29)35(40)27-39(30-19-13-8-14-20-30)46(42,43)31-21-22-33(44-2)34(25-31)45-3/h6-22,25,32H,4-5,23-24,26-27H2,1-3H3,(H,37,41)/t32-/m1/s1. The van der Waals surface area contributed by atoms with Crippen LogP contribution in [0.3, 0.4) is 0 Å². The van der Waals surface area contributed by atoms with Gasteiger partial charge in [0, 0.05) is 25.6 Å². The predicted molar refractivity (Wildman–Crippen MR) is 179 cm³/mol. The van der Waals surface area contributed by atoms with Crippen LogP contribution in [0.4, 0.5) is 5.69 Å². The van der Waals surface area contributed by atoms with Crippen molar-refractivity contribution in [3.8, 4) is 11.5 Å². The van der Waals surface area contributed by atoms with Gasteiger partial charge in [-0.15, -0.1) is 0 Å². The summed E-state index contributed by atoms with van der Waals surface area (Å²) >= 11 is 0. The van der Waals surface area contributed by atoms with Gasteiger partial charge in [-0.25, -0.2) is 8.42 Å². The Morgan fingerprint density at radius 3 is 1.96 bits per heavy atom. The lowest BCUT2D eigenvalue weighted by Crippen LogP contribution is -2.53. The number of benzene rings is 4. The van der Waals surface area contributed by atoms with Gasteiger partial charge >= 0.3 is 0 Å². The topological polar surface area (TPSA) is 105 Å². The molecule has 4 aromatic rings.